The molecule has 3 nitrogen and oxygen atoms in total. The van der Waals surface area contributed by atoms with Crippen molar-refractivity contribution in [2.24, 2.45) is 0 Å². The molecule has 1 aromatic carbocycles. The van der Waals surface area contributed by atoms with E-state index >= 15 is 0 Å². The van der Waals surface area contributed by atoms with Crippen LogP contribution in [0.15, 0.2) is 54.9 Å². The molecular formula is C18H18N2O. The number of amides is 1. The number of aromatic nitrogens is 1. The molecule has 1 aromatic heterocycles. The van der Waals surface area contributed by atoms with Crippen LogP contribution in [0, 0.1) is 11.8 Å². The van der Waals surface area contributed by atoms with Gasteiger partial charge in [-0.05, 0) is 36.5 Å². The van der Waals surface area contributed by atoms with Crippen molar-refractivity contribution in [3.05, 3.63) is 66.0 Å². The second-order valence-corrected chi connectivity index (χ2v) is 4.70. The molecule has 0 aliphatic carbocycles. The summed E-state index contributed by atoms with van der Waals surface area (Å²) in [7, 11) is 0. The van der Waals surface area contributed by atoms with E-state index in [4.69, 9.17) is 0 Å². The van der Waals surface area contributed by atoms with Gasteiger partial charge in [0.15, 0.2) is 0 Å². The van der Waals surface area contributed by atoms with Gasteiger partial charge in [-0.3, -0.25) is 9.78 Å². The van der Waals surface area contributed by atoms with Gasteiger partial charge in [-0.1, -0.05) is 42.3 Å². The van der Waals surface area contributed by atoms with E-state index in [1.165, 1.54) is 5.56 Å². The molecule has 0 aliphatic rings. The molecule has 0 atom stereocenters. The second kappa shape index (κ2) is 7.86. The Balaban J connectivity index is 2.05. The maximum Gasteiger partial charge on any atom is 0.298 e. The lowest BCUT2D eigenvalue weighted by atomic mass is 10.1. The Hall–Kier alpha value is -2.60. The first-order valence-corrected chi connectivity index (χ1v) is 6.94. The predicted molar refractivity (Wildman–Crippen MR) is 83.3 cm³/mol. The van der Waals surface area contributed by atoms with Crippen molar-refractivity contribution in [2.75, 3.05) is 6.54 Å². The van der Waals surface area contributed by atoms with E-state index in [-0.39, 0.29) is 5.91 Å². The molecule has 106 valence electrons. The highest BCUT2D eigenvalue weighted by atomic mass is 16.2. The third-order valence-electron chi connectivity index (χ3n) is 3.13. The van der Waals surface area contributed by atoms with Crippen LogP contribution in [-0.2, 0) is 17.8 Å². The largest absolute Gasteiger partial charge is 0.327 e. The number of carbonyl (C=O) groups is 1. The van der Waals surface area contributed by atoms with E-state index in [1.54, 1.807) is 24.2 Å². The van der Waals surface area contributed by atoms with Crippen LogP contribution >= 0.6 is 0 Å². The molecule has 0 spiro atoms. The van der Waals surface area contributed by atoms with Crippen molar-refractivity contribution in [3.63, 3.8) is 0 Å². The van der Waals surface area contributed by atoms with Crippen molar-refractivity contribution in [1.82, 2.24) is 9.88 Å². The first kappa shape index (κ1) is 14.8. The Morgan fingerprint density at radius 2 is 1.90 bits per heavy atom. The first-order chi connectivity index (χ1) is 10.3. The Morgan fingerprint density at radius 3 is 2.57 bits per heavy atom. The van der Waals surface area contributed by atoms with Gasteiger partial charge in [0.1, 0.15) is 0 Å². The third-order valence-corrected chi connectivity index (χ3v) is 3.13. The SMILES string of the molecule is CC#CC(=O)N(CCc1ccccc1)Cc1cccnc1. The number of benzene rings is 1. The van der Waals surface area contributed by atoms with E-state index in [2.05, 4.69) is 29.0 Å². The van der Waals surface area contributed by atoms with Crippen LogP contribution in [0.3, 0.4) is 0 Å². The highest BCUT2D eigenvalue weighted by Crippen LogP contribution is 2.06. The van der Waals surface area contributed by atoms with Gasteiger partial charge in [0, 0.05) is 25.5 Å². The monoisotopic (exact) mass is 278 g/mol. The average Bonchev–Trinajstić information content (AvgIpc) is 2.53. The number of nitrogens with zero attached hydrogens (tertiary/aromatic N) is 2. The molecule has 0 fully saturated rings. The quantitative estimate of drug-likeness (QED) is 0.788. The summed E-state index contributed by atoms with van der Waals surface area (Å²) in [5.74, 6) is 5.15. The summed E-state index contributed by atoms with van der Waals surface area (Å²) in [5.41, 5.74) is 2.22. The fourth-order valence-corrected chi connectivity index (χ4v) is 2.06. The first-order valence-electron chi connectivity index (χ1n) is 6.94. The summed E-state index contributed by atoms with van der Waals surface area (Å²) in [4.78, 5) is 18.0. The van der Waals surface area contributed by atoms with E-state index in [0.717, 1.165) is 12.0 Å². The van der Waals surface area contributed by atoms with Gasteiger partial charge in [-0.15, -0.1) is 0 Å². The van der Waals surface area contributed by atoms with Gasteiger partial charge in [0.2, 0.25) is 0 Å². The summed E-state index contributed by atoms with van der Waals surface area (Å²) in [6, 6.07) is 14.0. The Labute approximate surface area is 125 Å². The number of hydrogen-bond donors (Lipinski definition) is 0. The molecule has 2 rings (SSSR count). The summed E-state index contributed by atoms with van der Waals surface area (Å²) in [6.45, 7) is 2.86. The summed E-state index contributed by atoms with van der Waals surface area (Å²) in [6.07, 6.45) is 4.33. The van der Waals surface area contributed by atoms with Gasteiger partial charge in [-0.2, -0.15) is 0 Å². The van der Waals surface area contributed by atoms with Crippen LogP contribution in [0.25, 0.3) is 0 Å². The van der Waals surface area contributed by atoms with Crippen molar-refractivity contribution in [2.45, 2.75) is 19.9 Å². The molecule has 0 saturated carbocycles. The van der Waals surface area contributed by atoms with Crippen LogP contribution < -0.4 is 0 Å². The Bertz CT molecular complexity index is 627. The van der Waals surface area contributed by atoms with Crippen molar-refractivity contribution in [3.8, 4) is 11.8 Å². The van der Waals surface area contributed by atoms with E-state index in [0.29, 0.717) is 13.1 Å². The van der Waals surface area contributed by atoms with Crippen molar-refractivity contribution < 1.29 is 4.79 Å². The molecule has 0 unspecified atom stereocenters. The minimum absolute atomic E-state index is 0.141. The zero-order chi connectivity index (χ0) is 14.9. The Morgan fingerprint density at radius 1 is 1.14 bits per heavy atom. The lowest BCUT2D eigenvalue weighted by molar-refractivity contribution is -0.125. The maximum absolute atomic E-state index is 12.1. The van der Waals surface area contributed by atoms with E-state index in [9.17, 15) is 4.79 Å². The zero-order valence-electron chi connectivity index (χ0n) is 12.1. The summed E-state index contributed by atoms with van der Waals surface area (Å²) < 4.78 is 0. The fourth-order valence-electron chi connectivity index (χ4n) is 2.06. The third kappa shape index (κ3) is 4.77. The molecule has 3 heteroatoms. The van der Waals surface area contributed by atoms with E-state index < -0.39 is 0 Å². The molecule has 2 aromatic rings. The molecule has 0 N–H and O–H groups in total. The van der Waals surface area contributed by atoms with Gasteiger partial charge in [0.25, 0.3) is 5.91 Å². The Kier molecular flexibility index (Phi) is 5.54. The summed E-state index contributed by atoms with van der Waals surface area (Å²) >= 11 is 0. The normalized spacial score (nSPS) is 9.57. The minimum atomic E-state index is -0.141. The summed E-state index contributed by atoms with van der Waals surface area (Å²) in [5, 5.41) is 0. The number of carbonyl (C=O) groups excluding carboxylic acids is 1. The predicted octanol–water partition coefficient (Wildman–Crippen LogP) is 2.68. The molecule has 1 amide bonds. The smallest absolute Gasteiger partial charge is 0.298 e. The molecule has 21 heavy (non-hydrogen) atoms. The van der Waals surface area contributed by atoms with Crippen molar-refractivity contribution in [1.29, 1.82) is 0 Å². The fraction of sp³-hybridized carbons (Fsp3) is 0.222. The highest BCUT2D eigenvalue weighted by Gasteiger charge is 2.11. The lowest BCUT2D eigenvalue weighted by Crippen LogP contribution is -2.31. The van der Waals surface area contributed by atoms with Crippen LogP contribution in [0.2, 0.25) is 0 Å². The number of hydrogen-bond acceptors (Lipinski definition) is 2. The number of rotatable bonds is 5. The molecule has 0 radical (unpaired) electrons. The number of pyridine rings is 1. The standard InChI is InChI=1S/C18H18N2O/c1-2-7-18(21)20(15-17-10-6-12-19-14-17)13-11-16-8-4-3-5-9-16/h3-6,8-10,12,14H,11,13,15H2,1H3. The van der Waals surface area contributed by atoms with E-state index in [1.807, 2.05) is 30.3 Å². The minimum Gasteiger partial charge on any atom is -0.327 e. The average molecular weight is 278 g/mol. The van der Waals surface area contributed by atoms with Gasteiger partial charge in [-0.25, -0.2) is 0 Å². The molecular weight excluding hydrogens is 260 g/mol. The lowest BCUT2D eigenvalue weighted by Gasteiger charge is -2.20. The van der Waals surface area contributed by atoms with Gasteiger partial charge >= 0.3 is 0 Å². The molecule has 0 aliphatic heterocycles. The van der Waals surface area contributed by atoms with Crippen LogP contribution in [0.5, 0.6) is 0 Å². The topological polar surface area (TPSA) is 33.2 Å². The van der Waals surface area contributed by atoms with Crippen LogP contribution in [-0.4, -0.2) is 22.3 Å². The molecule has 1 heterocycles. The van der Waals surface area contributed by atoms with Gasteiger partial charge in [0.05, 0.1) is 0 Å². The second-order valence-electron chi connectivity index (χ2n) is 4.70. The van der Waals surface area contributed by atoms with Crippen LogP contribution in [0.1, 0.15) is 18.1 Å². The maximum atomic E-state index is 12.1. The van der Waals surface area contributed by atoms with Crippen LogP contribution in [0.4, 0.5) is 0 Å². The highest BCUT2D eigenvalue weighted by molar-refractivity contribution is 5.93. The van der Waals surface area contributed by atoms with Crippen molar-refractivity contribution >= 4 is 5.91 Å². The zero-order valence-corrected chi connectivity index (χ0v) is 12.1. The molecule has 0 saturated heterocycles. The van der Waals surface area contributed by atoms with Gasteiger partial charge < -0.3 is 4.90 Å². The molecule has 0 bridgehead atoms.